The number of ether oxygens (including phenoxy) is 1. The van der Waals surface area contributed by atoms with E-state index in [0.717, 1.165) is 11.3 Å². The maximum Gasteiger partial charge on any atom is 0.329 e. The lowest BCUT2D eigenvalue weighted by molar-refractivity contribution is -0.137. The van der Waals surface area contributed by atoms with Crippen molar-refractivity contribution in [3.63, 3.8) is 0 Å². The van der Waals surface area contributed by atoms with Crippen molar-refractivity contribution < 1.29 is 14.6 Å². The summed E-state index contributed by atoms with van der Waals surface area (Å²) in [6.45, 7) is -0.0969. The standard InChI is InChI=1S/C19H16N2O4/c1-3-13-6-9-16-17(10-13)20(19(24)21(16)12-18(22)23)11-14-4-7-15(25-2)8-5-14/h1,4-10H,11-12H2,2H3,(H,22,23). The van der Waals surface area contributed by atoms with Gasteiger partial charge in [0.2, 0.25) is 0 Å². The first-order valence-electron chi connectivity index (χ1n) is 7.58. The van der Waals surface area contributed by atoms with Crippen LogP contribution in [0.3, 0.4) is 0 Å². The van der Waals surface area contributed by atoms with E-state index in [2.05, 4.69) is 5.92 Å². The Morgan fingerprint density at radius 1 is 1.16 bits per heavy atom. The van der Waals surface area contributed by atoms with Crippen LogP contribution < -0.4 is 10.4 Å². The molecule has 25 heavy (non-hydrogen) atoms. The third-order valence-electron chi connectivity index (χ3n) is 3.98. The quantitative estimate of drug-likeness (QED) is 0.723. The molecule has 0 saturated carbocycles. The number of rotatable bonds is 5. The van der Waals surface area contributed by atoms with Crippen molar-refractivity contribution in [1.82, 2.24) is 9.13 Å². The summed E-state index contributed by atoms with van der Waals surface area (Å²) in [5.41, 5.74) is 2.28. The van der Waals surface area contributed by atoms with E-state index in [1.807, 2.05) is 24.3 Å². The second-order valence-corrected chi connectivity index (χ2v) is 5.54. The normalized spacial score (nSPS) is 10.6. The molecule has 0 aliphatic heterocycles. The van der Waals surface area contributed by atoms with Crippen molar-refractivity contribution in [2.24, 2.45) is 0 Å². The summed E-state index contributed by atoms with van der Waals surface area (Å²) < 4.78 is 7.90. The molecule has 3 aromatic rings. The minimum atomic E-state index is -1.08. The van der Waals surface area contributed by atoms with Gasteiger partial charge in [-0.3, -0.25) is 13.9 Å². The molecule has 6 nitrogen and oxygen atoms in total. The average Bonchev–Trinajstić information content (AvgIpc) is 2.87. The maximum absolute atomic E-state index is 12.7. The Morgan fingerprint density at radius 3 is 2.48 bits per heavy atom. The van der Waals surface area contributed by atoms with Crippen LogP contribution >= 0.6 is 0 Å². The molecular formula is C19H16N2O4. The van der Waals surface area contributed by atoms with Crippen LogP contribution in [0, 0.1) is 12.3 Å². The number of carboxylic acids is 1. The number of hydrogen-bond donors (Lipinski definition) is 1. The Labute approximate surface area is 143 Å². The van der Waals surface area contributed by atoms with Gasteiger partial charge in [-0.05, 0) is 35.9 Å². The van der Waals surface area contributed by atoms with Gasteiger partial charge in [-0.15, -0.1) is 6.42 Å². The van der Waals surface area contributed by atoms with Gasteiger partial charge in [0.1, 0.15) is 12.3 Å². The van der Waals surface area contributed by atoms with Crippen LogP contribution in [0.25, 0.3) is 11.0 Å². The number of carbonyl (C=O) groups is 1. The van der Waals surface area contributed by atoms with Crippen molar-refractivity contribution >= 4 is 17.0 Å². The number of imidazole rings is 1. The highest BCUT2D eigenvalue weighted by Gasteiger charge is 2.16. The molecule has 0 saturated heterocycles. The highest BCUT2D eigenvalue weighted by atomic mass is 16.5. The van der Waals surface area contributed by atoms with Gasteiger partial charge in [0, 0.05) is 5.56 Å². The highest BCUT2D eigenvalue weighted by Crippen LogP contribution is 2.18. The van der Waals surface area contributed by atoms with Crippen LogP contribution in [0.2, 0.25) is 0 Å². The molecule has 6 heteroatoms. The number of aliphatic carboxylic acids is 1. The van der Waals surface area contributed by atoms with E-state index < -0.39 is 12.5 Å². The number of terminal acetylenes is 1. The van der Waals surface area contributed by atoms with Crippen LogP contribution in [0.4, 0.5) is 0 Å². The number of nitrogens with zero attached hydrogens (tertiary/aromatic N) is 2. The van der Waals surface area contributed by atoms with Gasteiger partial charge in [-0.2, -0.15) is 0 Å². The first kappa shape index (κ1) is 16.4. The van der Waals surface area contributed by atoms with E-state index in [0.29, 0.717) is 23.1 Å². The van der Waals surface area contributed by atoms with E-state index in [-0.39, 0.29) is 5.69 Å². The van der Waals surface area contributed by atoms with Crippen LogP contribution in [-0.4, -0.2) is 27.3 Å². The lowest BCUT2D eigenvalue weighted by atomic mass is 10.2. The molecule has 2 aromatic carbocycles. The summed E-state index contributed by atoms with van der Waals surface area (Å²) in [5, 5.41) is 9.09. The lowest BCUT2D eigenvalue weighted by Crippen LogP contribution is -2.27. The summed E-state index contributed by atoms with van der Waals surface area (Å²) in [6, 6.07) is 12.4. The fraction of sp³-hybridized carbons (Fsp3) is 0.158. The summed E-state index contributed by atoms with van der Waals surface area (Å²) in [7, 11) is 1.58. The molecule has 1 N–H and O–H groups in total. The zero-order chi connectivity index (χ0) is 18.0. The van der Waals surface area contributed by atoms with Gasteiger partial charge < -0.3 is 9.84 Å². The van der Waals surface area contributed by atoms with E-state index in [4.69, 9.17) is 16.3 Å². The molecule has 0 spiro atoms. The second-order valence-electron chi connectivity index (χ2n) is 5.54. The summed E-state index contributed by atoms with van der Waals surface area (Å²) >= 11 is 0. The summed E-state index contributed by atoms with van der Waals surface area (Å²) in [4.78, 5) is 23.8. The number of benzene rings is 2. The predicted octanol–water partition coefficient (Wildman–Crippen LogP) is 1.93. The molecule has 1 heterocycles. The minimum absolute atomic E-state index is 0.306. The van der Waals surface area contributed by atoms with Gasteiger partial charge in [0.15, 0.2) is 0 Å². The minimum Gasteiger partial charge on any atom is -0.497 e. The van der Waals surface area contributed by atoms with E-state index in [9.17, 15) is 9.59 Å². The van der Waals surface area contributed by atoms with Crippen molar-refractivity contribution in [2.45, 2.75) is 13.1 Å². The Balaban J connectivity index is 2.14. The number of methoxy groups -OCH3 is 1. The first-order chi connectivity index (χ1) is 12.0. The van der Waals surface area contributed by atoms with E-state index >= 15 is 0 Å². The second kappa shape index (κ2) is 6.57. The molecule has 0 bridgehead atoms. The third kappa shape index (κ3) is 3.12. The summed E-state index contributed by atoms with van der Waals surface area (Å²) in [5.74, 6) is 2.18. The van der Waals surface area contributed by atoms with Crippen molar-refractivity contribution in [3.05, 3.63) is 64.1 Å². The lowest BCUT2D eigenvalue weighted by Gasteiger charge is -2.05. The molecule has 1 aromatic heterocycles. The third-order valence-corrected chi connectivity index (χ3v) is 3.98. The topological polar surface area (TPSA) is 73.5 Å². The molecule has 0 fully saturated rings. The van der Waals surface area contributed by atoms with Crippen LogP contribution in [0.15, 0.2) is 47.3 Å². The zero-order valence-corrected chi connectivity index (χ0v) is 13.6. The van der Waals surface area contributed by atoms with Gasteiger partial charge in [0.05, 0.1) is 24.7 Å². The fourth-order valence-electron chi connectivity index (χ4n) is 2.76. The highest BCUT2D eigenvalue weighted by molar-refractivity contribution is 5.80. The van der Waals surface area contributed by atoms with Gasteiger partial charge in [-0.1, -0.05) is 18.1 Å². The van der Waals surface area contributed by atoms with Gasteiger partial charge in [0.25, 0.3) is 0 Å². The fourth-order valence-corrected chi connectivity index (χ4v) is 2.76. The number of aromatic nitrogens is 2. The maximum atomic E-state index is 12.7. The molecule has 0 atom stereocenters. The number of fused-ring (bicyclic) bond motifs is 1. The first-order valence-corrected chi connectivity index (χ1v) is 7.58. The number of carboxylic acid groups (broad SMARTS) is 1. The van der Waals surface area contributed by atoms with E-state index in [1.165, 1.54) is 9.13 Å². The predicted molar refractivity (Wildman–Crippen MR) is 93.9 cm³/mol. The number of hydrogen-bond acceptors (Lipinski definition) is 3. The molecule has 0 amide bonds. The smallest absolute Gasteiger partial charge is 0.329 e. The summed E-state index contributed by atoms with van der Waals surface area (Å²) in [6.07, 6.45) is 5.45. The Kier molecular flexibility index (Phi) is 4.31. The molecular weight excluding hydrogens is 320 g/mol. The Bertz CT molecular complexity index is 1040. The zero-order valence-electron chi connectivity index (χ0n) is 13.6. The molecule has 3 rings (SSSR count). The molecule has 0 aliphatic carbocycles. The Morgan fingerprint density at radius 2 is 1.88 bits per heavy atom. The Hall–Kier alpha value is -3.46. The van der Waals surface area contributed by atoms with Crippen molar-refractivity contribution in [1.29, 1.82) is 0 Å². The van der Waals surface area contributed by atoms with Gasteiger partial charge in [-0.25, -0.2) is 4.79 Å². The largest absolute Gasteiger partial charge is 0.497 e. The monoisotopic (exact) mass is 336 g/mol. The molecule has 126 valence electrons. The molecule has 0 radical (unpaired) electrons. The van der Waals surface area contributed by atoms with Gasteiger partial charge >= 0.3 is 11.7 Å². The van der Waals surface area contributed by atoms with Crippen LogP contribution in [-0.2, 0) is 17.9 Å². The van der Waals surface area contributed by atoms with Crippen LogP contribution in [0.1, 0.15) is 11.1 Å². The molecule has 0 unspecified atom stereocenters. The SMILES string of the molecule is C#Cc1ccc2c(c1)n(Cc1ccc(OC)cc1)c(=O)n2CC(=O)O. The van der Waals surface area contributed by atoms with E-state index in [1.54, 1.807) is 25.3 Å². The van der Waals surface area contributed by atoms with Crippen molar-refractivity contribution in [3.8, 4) is 18.1 Å². The molecule has 0 aliphatic rings. The average molecular weight is 336 g/mol. The van der Waals surface area contributed by atoms with Crippen LogP contribution in [0.5, 0.6) is 5.75 Å². The van der Waals surface area contributed by atoms with Crippen molar-refractivity contribution in [2.75, 3.05) is 7.11 Å².